The number of hydrogen-bond donors (Lipinski definition) is 1. The molecule has 0 aliphatic rings. The Labute approximate surface area is 147 Å². The number of nitrogens with one attached hydrogen (secondary N) is 1. The topological polar surface area (TPSA) is 55.1 Å². The van der Waals surface area contributed by atoms with E-state index in [-0.39, 0.29) is 0 Å². The van der Waals surface area contributed by atoms with Crippen LogP contribution in [0.4, 0.5) is 5.69 Å². The quantitative estimate of drug-likeness (QED) is 0.443. The second-order valence-corrected chi connectivity index (χ2v) is 5.98. The first-order valence-corrected chi connectivity index (χ1v) is 8.64. The minimum atomic E-state index is 0.523. The number of rotatable bonds is 9. The number of benzene rings is 2. The van der Waals surface area contributed by atoms with E-state index in [9.17, 15) is 4.79 Å². The zero-order valence-electron chi connectivity index (χ0n) is 14.2. The van der Waals surface area contributed by atoms with Crippen LogP contribution in [0.1, 0.15) is 35.2 Å². The monoisotopic (exact) mass is 334 g/mol. The summed E-state index contributed by atoms with van der Waals surface area (Å²) < 4.78 is 5.39. The molecule has 4 heteroatoms. The molecule has 0 saturated heterocycles. The molecule has 0 fully saturated rings. The van der Waals surface area contributed by atoms with Gasteiger partial charge in [0.2, 0.25) is 5.89 Å². The minimum Gasteiger partial charge on any atom is -0.444 e. The number of aldehydes is 1. The molecule has 1 aromatic heterocycles. The van der Waals surface area contributed by atoms with E-state index in [0.717, 1.165) is 36.9 Å². The molecule has 25 heavy (non-hydrogen) atoms. The summed E-state index contributed by atoms with van der Waals surface area (Å²) >= 11 is 0. The van der Waals surface area contributed by atoms with E-state index < -0.39 is 0 Å². The van der Waals surface area contributed by atoms with Crippen molar-refractivity contribution in [3.05, 3.63) is 72.1 Å². The van der Waals surface area contributed by atoms with Gasteiger partial charge in [0.05, 0.1) is 11.8 Å². The van der Waals surface area contributed by atoms with E-state index in [2.05, 4.69) is 40.6 Å². The largest absolute Gasteiger partial charge is 0.444 e. The standard InChI is InChI=1S/C21H22N2O2/c24-16-18-10-11-20(19(15-18)21-23-13-14-25-21)22-12-6-2-5-9-17-7-3-1-4-8-17/h1,3-4,7-8,10-11,13-16,22H,2,5-6,9,12H2. The Morgan fingerprint density at radius 1 is 1.04 bits per heavy atom. The van der Waals surface area contributed by atoms with Gasteiger partial charge < -0.3 is 9.73 Å². The number of hydrogen-bond acceptors (Lipinski definition) is 4. The molecule has 0 bridgehead atoms. The van der Waals surface area contributed by atoms with E-state index in [4.69, 9.17) is 4.42 Å². The lowest BCUT2D eigenvalue weighted by molar-refractivity contribution is 0.112. The van der Waals surface area contributed by atoms with Crippen molar-refractivity contribution in [2.45, 2.75) is 25.7 Å². The molecule has 0 spiro atoms. The summed E-state index contributed by atoms with van der Waals surface area (Å²) in [6, 6.07) is 16.1. The molecule has 0 unspecified atom stereocenters. The summed E-state index contributed by atoms with van der Waals surface area (Å²) in [5, 5.41) is 3.44. The van der Waals surface area contributed by atoms with Crippen molar-refractivity contribution in [2.75, 3.05) is 11.9 Å². The van der Waals surface area contributed by atoms with Crippen LogP contribution in [-0.2, 0) is 6.42 Å². The Morgan fingerprint density at radius 3 is 2.68 bits per heavy atom. The van der Waals surface area contributed by atoms with Crippen LogP contribution in [0.3, 0.4) is 0 Å². The Hall–Kier alpha value is -2.88. The van der Waals surface area contributed by atoms with Gasteiger partial charge in [0, 0.05) is 17.8 Å². The fourth-order valence-corrected chi connectivity index (χ4v) is 2.82. The molecule has 3 rings (SSSR count). The van der Waals surface area contributed by atoms with Crippen molar-refractivity contribution in [1.29, 1.82) is 0 Å². The third-order valence-corrected chi connectivity index (χ3v) is 4.14. The highest BCUT2D eigenvalue weighted by molar-refractivity contribution is 5.82. The maximum atomic E-state index is 11.0. The lowest BCUT2D eigenvalue weighted by Gasteiger charge is -2.11. The number of nitrogens with zero attached hydrogens (tertiary/aromatic N) is 1. The molecule has 3 aromatic rings. The first kappa shape index (κ1) is 17.0. The zero-order valence-corrected chi connectivity index (χ0v) is 14.2. The maximum Gasteiger partial charge on any atom is 0.227 e. The van der Waals surface area contributed by atoms with Crippen LogP contribution in [0, 0.1) is 0 Å². The summed E-state index contributed by atoms with van der Waals surface area (Å²) in [4.78, 5) is 15.2. The predicted molar refractivity (Wildman–Crippen MR) is 99.8 cm³/mol. The number of aryl methyl sites for hydroxylation is 1. The van der Waals surface area contributed by atoms with Crippen molar-refractivity contribution in [1.82, 2.24) is 4.98 Å². The van der Waals surface area contributed by atoms with Crippen molar-refractivity contribution in [3.8, 4) is 11.5 Å². The molecule has 1 N–H and O–H groups in total. The van der Waals surface area contributed by atoms with Gasteiger partial charge in [-0.15, -0.1) is 0 Å². The highest BCUT2D eigenvalue weighted by Gasteiger charge is 2.10. The predicted octanol–water partition coefficient (Wildman–Crippen LogP) is 4.98. The molecular weight excluding hydrogens is 312 g/mol. The minimum absolute atomic E-state index is 0.523. The van der Waals surface area contributed by atoms with Crippen molar-refractivity contribution >= 4 is 12.0 Å². The SMILES string of the molecule is O=Cc1ccc(NCCCCCc2ccccc2)c(-c2ncco2)c1. The number of anilines is 1. The number of aromatic nitrogens is 1. The van der Waals surface area contributed by atoms with Gasteiger partial charge in [0.25, 0.3) is 0 Å². The average Bonchev–Trinajstić information content (AvgIpc) is 3.20. The molecule has 0 saturated carbocycles. The lowest BCUT2D eigenvalue weighted by Crippen LogP contribution is -2.03. The van der Waals surface area contributed by atoms with E-state index >= 15 is 0 Å². The number of carbonyl (C=O) groups is 1. The molecule has 0 atom stereocenters. The van der Waals surface area contributed by atoms with Crippen molar-refractivity contribution in [2.24, 2.45) is 0 Å². The van der Waals surface area contributed by atoms with Crippen LogP contribution >= 0.6 is 0 Å². The van der Waals surface area contributed by atoms with Crippen molar-refractivity contribution in [3.63, 3.8) is 0 Å². The molecule has 0 aliphatic carbocycles. The van der Waals surface area contributed by atoms with Gasteiger partial charge in [-0.3, -0.25) is 4.79 Å². The zero-order chi connectivity index (χ0) is 17.3. The average molecular weight is 334 g/mol. The van der Waals surface area contributed by atoms with Crippen LogP contribution < -0.4 is 5.32 Å². The van der Waals surface area contributed by atoms with Gasteiger partial charge in [-0.05, 0) is 43.0 Å². The lowest BCUT2D eigenvalue weighted by atomic mass is 10.1. The molecule has 0 radical (unpaired) electrons. The Balaban J connectivity index is 1.50. The van der Waals surface area contributed by atoms with Crippen LogP contribution in [0.5, 0.6) is 0 Å². The normalized spacial score (nSPS) is 10.6. The highest BCUT2D eigenvalue weighted by atomic mass is 16.3. The summed E-state index contributed by atoms with van der Waals surface area (Å²) in [6.07, 6.45) is 8.54. The van der Waals surface area contributed by atoms with Gasteiger partial charge in [-0.2, -0.15) is 0 Å². The number of carbonyl (C=O) groups excluding carboxylic acids is 1. The first-order chi connectivity index (χ1) is 12.4. The Kier molecular flexibility index (Phi) is 5.99. The van der Waals surface area contributed by atoms with E-state index in [0.29, 0.717) is 11.5 Å². The fraction of sp³-hybridized carbons (Fsp3) is 0.238. The second kappa shape index (κ2) is 8.83. The van der Waals surface area contributed by atoms with E-state index in [1.807, 2.05) is 6.07 Å². The Morgan fingerprint density at radius 2 is 1.92 bits per heavy atom. The fourth-order valence-electron chi connectivity index (χ4n) is 2.82. The molecule has 2 aromatic carbocycles. The van der Waals surface area contributed by atoms with Gasteiger partial charge in [0.15, 0.2) is 0 Å². The van der Waals surface area contributed by atoms with Gasteiger partial charge in [-0.1, -0.05) is 36.8 Å². The first-order valence-electron chi connectivity index (χ1n) is 8.64. The van der Waals surface area contributed by atoms with Crippen molar-refractivity contribution < 1.29 is 9.21 Å². The molecule has 0 amide bonds. The maximum absolute atomic E-state index is 11.0. The van der Waals surface area contributed by atoms with Crippen LogP contribution in [-0.4, -0.2) is 17.8 Å². The summed E-state index contributed by atoms with van der Waals surface area (Å²) in [6.45, 7) is 0.878. The Bertz CT molecular complexity index is 783. The molecule has 4 nitrogen and oxygen atoms in total. The van der Waals surface area contributed by atoms with E-state index in [1.165, 1.54) is 24.7 Å². The number of oxazole rings is 1. The second-order valence-electron chi connectivity index (χ2n) is 5.98. The summed E-state index contributed by atoms with van der Waals surface area (Å²) in [5.74, 6) is 0.523. The number of unbranched alkanes of at least 4 members (excludes halogenated alkanes) is 2. The molecular formula is C21H22N2O2. The van der Waals surface area contributed by atoms with Crippen LogP contribution in [0.15, 0.2) is 65.4 Å². The third-order valence-electron chi connectivity index (χ3n) is 4.14. The summed E-state index contributed by atoms with van der Waals surface area (Å²) in [7, 11) is 0. The molecule has 0 aliphatic heterocycles. The van der Waals surface area contributed by atoms with E-state index in [1.54, 1.807) is 18.3 Å². The molecule has 128 valence electrons. The van der Waals surface area contributed by atoms with Gasteiger partial charge in [0.1, 0.15) is 12.5 Å². The van der Waals surface area contributed by atoms with Gasteiger partial charge in [-0.25, -0.2) is 4.98 Å². The molecule has 1 heterocycles. The third kappa shape index (κ3) is 4.80. The van der Waals surface area contributed by atoms with Gasteiger partial charge >= 0.3 is 0 Å². The smallest absolute Gasteiger partial charge is 0.227 e. The van der Waals surface area contributed by atoms with Crippen LogP contribution in [0.2, 0.25) is 0 Å². The van der Waals surface area contributed by atoms with Crippen LogP contribution in [0.25, 0.3) is 11.5 Å². The summed E-state index contributed by atoms with van der Waals surface area (Å²) in [5.41, 5.74) is 3.77. The highest BCUT2D eigenvalue weighted by Crippen LogP contribution is 2.27.